The average molecular weight is 295 g/mol. The Labute approximate surface area is 130 Å². The molecule has 0 aromatic carbocycles. The molecule has 1 atom stereocenters. The summed E-state index contributed by atoms with van der Waals surface area (Å²) in [4.78, 5) is 17.3. The number of nitrogens with two attached hydrogens (primary N) is 1. The zero-order chi connectivity index (χ0) is 15.1. The molecule has 1 heterocycles. The summed E-state index contributed by atoms with van der Waals surface area (Å²) in [7, 11) is 0. The minimum Gasteiger partial charge on any atom is -0.340 e. The molecule has 1 aliphatic carbocycles. The molecular weight excluding hydrogens is 262 g/mol. The molecule has 0 spiro atoms. The van der Waals surface area contributed by atoms with Gasteiger partial charge in [-0.1, -0.05) is 39.0 Å². The van der Waals surface area contributed by atoms with Gasteiger partial charge in [-0.15, -0.1) is 0 Å². The van der Waals surface area contributed by atoms with Crippen molar-refractivity contribution in [3.8, 4) is 0 Å². The molecule has 21 heavy (non-hydrogen) atoms. The van der Waals surface area contributed by atoms with Crippen molar-refractivity contribution >= 4 is 5.91 Å². The molecule has 1 unspecified atom stereocenters. The molecule has 2 fully saturated rings. The van der Waals surface area contributed by atoms with Crippen LogP contribution in [0.2, 0.25) is 0 Å². The summed E-state index contributed by atoms with van der Waals surface area (Å²) in [6.07, 6.45) is 9.78. The molecule has 2 N–H and O–H groups in total. The molecule has 1 saturated heterocycles. The topological polar surface area (TPSA) is 49.6 Å². The zero-order valence-electron chi connectivity index (χ0n) is 13.7. The van der Waals surface area contributed by atoms with E-state index >= 15 is 0 Å². The van der Waals surface area contributed by atoms with Crippen molar-refractivity contribution < 1.29 is 4.79 Å². The van der Waals surface area contributed by atoms with Crippen LogP contribution in [0.1, 0.15) is 58.3 Å². The Hall–Kier alpha value is -0.610. The van der Waals surface area contributed by atoms with Gasteiger partial charge < -0.3 is 10.6 Å². The first-order valence-electron chi connectivity index (χ1n) is 8.99. The van der Waals surface area contributed by atoms with Crippen LogP contribution in [0, 0.1) is 5.92 Å². The van der Waals surface area contributed by atoms with E-state index in [1.807, 2.05) is 0 Å². The molecule has 2 aliphatic rings. The van der Waals surface area contributed by atoms with E-state index in [9.17, 15) is 4.79 Å². The number of nitrogens with zero attached hydrogens (tertiary/aromatic N) is 2. The van der Waals surface area contributed by atoms with Crippen LogP contribution in [-0.4, -0.2) is 54.5 Å². The fourth-order valence-corrected chi connectivity index (χ4v) is 3.84. The van der Waals surface area contributed by atoms with Crippen LogP contribution in [0.5, 0.6) is 0 Å². The molecule has 4 nitrogen and oxygen atoms in total. The monoisotopic (exact) mass is 295 g/mol. The highest BCUT2D eigenvalue weighted by molar-refractivity contribution is 5.79. The Morgan fingerprint density at radius 3 is 2.14 bits per heavy atom. The van der Waals surface area contributed by atoms with Gasteiger partial charge in [0.2, 0.25) is 5.91 Å². The molecular formula is C17H33N3O. The predicted molar refractivity (Wildman–Crippen MR) is 87.1 cm³/mol. The third-order valence-corrected chi connectivity index (χ3v) is 5.34. The zero-order valence-corrected chi connectivity index (χ0v) is 13.7. The smallest absolute Gasteiger partial charge is 0.225 e. The third-order valence-electron chi connectivity index (χ3n) is 5.34. The van der Waals surface area contributed by atoms with E-state index in [-0.39, 0.29) is 0 Å². The molecule has 1 saturated carbocycles. The van der Waals surface area contributed by atoms with Gasteiger partial charge in [-0.05, 0) is 19.3 Å². The van der Waals surface area contributed by atoms with Crippen molar-refractivity contribution in [2.24, 2.45) is 11.7 Å². The van der Waals surface area contributed by atoms with Gasteiger partial charge in [0, 0.05) is 44.7 Å². The summed E-state index contributed by atoms with van der Waals surface area (Å²) < 4.78 is 0. The van der Waals surface area contributed by atoms with E-state index in [0.29, 0.717) is 17.9 Å². The number of hydrogen-bond donors (Lipinski definition) is 1. The first kappa shape index (κ1) is 16.8. The number of carbonyl (C=O) groups excluding carboxylic acids is 1. The second-order valence-electron chi connectivity index (χ2n) is 6.70. The predicted octanol–water partition coefficient (Wildman–Crippen LogP) is 2.23. The van der Waals surface area contributed by atoms with Crippen LogP contribution in [0.3, 0.4) is 0 Å². The van der Waals surface area contributed by atoms with Crippen LogP contribution < -0.4 is 5.73 Å². The lowest BCUT2D eigenvalue weighted by atomic mass is 9.90. The molecule has 2 rings (SSSR count). The Morgan fingerprint density at radius 2 is 1.62 bits per heavy atom. The van der Waals surface area contributed by atoms with Crippen molar-refractivity contribution in [1.29, 1.82) is 0 Å². The molecule has 1 amide bonds. The van der Waals surface area contributed by atoms with Crippen molar-refractivity contribution in [1.82, 2.24) is 9.80 Å². The number of carbonyl (C=O) groups is 1. The second kappa shape index (κ2) is 8.74. The molecule has 1 aliphatic heterocycles. The van der Waals surface area contributed by atoms with Crippen molar-refractivity contribution in [2.45, 2.75) is 64.3 Å². The highest BCUT2D eigenvalue weighted by Crippen LogP contribution is 2.24. The van der Waals surface area contributed by atoms with Crippen LogP contribution in [0.4, 0.5) is 0 Å². The summed E-state index contributed by atoms with van der Waals surface area (Å²) in [6.45, 7) is 6.70. The van der Waals surface area contributed by atoms with Gasteiger partial charge in [0.25, 0.3) is 0 Å². The minimum absolute atomic E-state index is 0.299. The van der Waals surface area contributed by atoms with E-state index in [0.717, 1.165) is 52.0 Å². The van der Waals surface area contributed by atoms with Gasteiger partial charge in [0.15, 0.2) is 0 Å². The van der Waals surface area contributed by atoms with Crippen molar-refractivity contribution in [3.05, 3.63) is 0 Å². The van der Waals surface area contributed by atoms with Crippen molar-refractivity contribution in [2.75, 3.05) is 32.7 Å². The fraction of sp³-hybridized carbons (Fsp3) is 0.941. The number of hydrogen-bond acceptors (Lipinski definition) is 3. The maximum Gasteiger partial charge on any atom is 0.225 e. The van der Waals surface area contributed by atoms with Crippen LogP contribution in [-0.2, 0) is 4.79 Å². The lowest BCUT2D eigenvalue weighted by Gasteiger charge is -2.40. The van der Waals surface area contributed by atoms with E-state index in [4.69, 9.17) is 5.73 Å². The van der Waals surface area contributed by atoms with E-state index in [1.54, 1.807) is 0 Å². The molecule has 0 aromatic heterocycles. The van der Waals surface area contributed by atoms with Crippen molar-refractivity contribution in [3.63, 3.8) is 0 Å². The third kappa shape index (κ3) is 4.68. The lowest BCUT2D eigenvalue weighted by molar-refractivity contribution is -0.138. The Morgan fingerprint density at radius 1 is 1.05 bits per heavy atom. The summed E-state index contributed by atoms with van der Waals surface area (Å²) in [6, 6.07) is 0.489. The van der Waals surface area contributed by atoms with E-state index < -0.39 is 0 Å². The van der Waals surface area contributed by atoms with E-state index in [2.05, 4.69) is 16.7 Å². The van der Waals surface area contributed by atoms with Gasteiger partial charge in [0.1, 0.15) is 0 Å². The minimum atomic E-state index is 0.299. The van der Waals surface area contributed by atoms with Gasteiger partial charge >= 0.3 is 0 Å². The number of piperazine rings is 1. The molecule has 4 heteroatoms. The lowest BCUT2D eigenvalue weighted by Crippen LogP contribution is -2.54. The van der Waals surface area contributed by atoms with Gasteiger partial charge in [-0.3, -0.25) is 9.69 Å². The van der Waals surface area contributed by atoms with Crippen LogP contribution in [0.15, 0.2) is 0 Å². The Bertz CT molecular complexity index is 301. The highest BCUT2D eigenvalue weighted by atomic mass is 16.2. The number of rotatable bonds is 4. The standard InChI is InChI=1S/C17H33N3O/c1-2-16(14-18)19-10-12-20(13-11-19)17(21)15-8-6-4-3-5-7-9-15/h15-16H,2-14,18H2,1H3. The Balaban J connectivity index is 1.81. The quantitative estimate of drug-likeness (QED) is 0.865. The first-order chi connectivity index (χ1) is 10.3. The second-order valence-corrected chi connectivity index (χ2v) is 6.70. The molecule has 122 valence electrons. The summed E-state index contributed by atoms with van der Waals surface area (Å²) in [5.41, 5.74) is 5.84. The maximum atomic E-state index is 12.7. The molecule has 0 aromatic rings. The maximum absolute atomic E-state index is 12.7. The molecule has 0 radical (unpaired) electrons. The average Bonchev–Trinajstić information content (AvgIpc) is 2.48. The SMILES string of the molecule is CCC(CN)N1CCN(C(=O)C2CCCCCCC2)CC1. The van der Waals surface area contributed by atoms with Crippen LogP contribution in [0.25, 0.3) is 0 Å². The summed E-state index contributed by atoms with van der Waals surface area (Å²) >= 11 is 0. The Kier molecular flexibility index (Phi) is 6.97. The van der Waals surface area contributed by atoms with Gasteiger partial charge in [-0.25, -0.2) is 0 Å². The van der Waals surface area contributed by atoms with Gasteiger partial charge in [0.05, 0.1) is 0 Å². The van der Waals surface area contributed by atoms with Crippen LogP contribution >= 0.6 is 0 Å². The number of amides is 1. The molecule has 0 bridgehead atoms. The first-order valence-corrected chi connectivity index (χ1v) is 8.99. The summed E-state index contributed by atoms with van der Waals surface area (Å²) in [5.74, 6) is 0.727. The highest BCUT2D eigenvalue weighted by Gasteiger charge is 2.28. The van der Waals surface area contributed by atoms with Gasteiger partial charge in [-0.2, -0.15) is 0 Å². The summed E-state index contributed by atoms with van der Waals surface area (Å²) in [5, 5.41) is 0. The normalized spacial score (nSPS) is 24.4. The van der Waals surface area contributed by atoms with E-state index in [1.165, 1.54) is 32.1 Å². The fourth-order valence-electron chi connectivity index (χ4n) is 3.84. The largest absolute Gasteiger partial charge is 0.340 e.